The highest BCUT2D eigenvalue weighted by Gasteiger charge is 2.23. The van der Waals surface area contributed by atoms with Gasteiger partial charge in [-0.15, -0.1) is 0 Å². The molecule has 29 heavy (non-hydrogen) atoms. The number of ether oxygens (including phenoxy) is 1. The quantitative estimate of drug-likeness (QED) is 0.544. The first-order chi connectivity index (χ1) is 14.1. The van der Waals surface area contributed by atoms with Gasteiger partial charge in [0.1, 0.15) is 11.3 Å². The molecule has 0 bridgehead atoms. The second-order valence-corrected chi connectivity index (χ2v) is 7.11. The van der Waals surface area contributed by atoms with Gasteiger partial charge in [0.05, 0.1) is 18.4 Å². The highest BCUT2D eigenvalue weighted by molar-refractivity contribution is 6.09. The number of hydrogen-bond donors (Lipinski definition) is 2. The normalized spacial score (nSPS) is 15.6. The zero-order valence-corrected chi connectivity index (χ0v) is 15.7. The molecule has 1 unspecified atom stereocenters. The molecule has 0 aliphatic carbocycles. The molecule has 1 aliphatic rings. The maximum absolute atomic E-state index is 12.7. The van der Waals surface area contributed by atoms with E-state index < -0.39 is 6.10 Å². The van der Waals surface area contributed by atoms with Gasteiger partial charge in [-0.05, 0) is 42.0 Å². The summed E-state index contributed by atoms with van der Waals surface area (Å²) in [5.74, 6) is 0.206. The summed E-state index contributed by atoms with van der Waals surface area (Å²) in [5.41, 5.74) is 2.72. The van der Waals surface area contributed by atoms with Gasteiger partial charge in [0.15, 0.2) is 6.10 Å². The third-order valence-corrected chi connectivity index (χ3v) is 5.09. The summed E-state index contributed by atoms with van der Waals surface area (Å²) in [4.78, 5) is 24.5. The van der Waals surface area contributed by atoms with Gasteiger partial charge in [-0.25, -0.2) is 0 Å². The van der Waals surface area contributed by atoms with Crippen molar-refractivity contribution in [2.75, 3.05) is 10.6 Å². The molecule has 6 nitrogen and oxygen atoms in total. The highest BCUT2D eigenvalue weighted by atomic mass is 16.5. The van der Waals surface area contributed by atoms with Gasteiger partial charge in [0.2, 0.25) is 5.91 Å². The molecule has 0 radical (unpaired) electrons. The van der Waals surface area contributed by atoms with Gasteiger partial charge in [-0.2, -0.15) is 0 Å². The van der Waals surface area contributed by atoms with Crippen LogP contribution in [-0.2, 0) is 16.0 Å². The Kier molecular flexibility index (Phi) is 3.98. The van der Waals surface area contributed by atoms with Crippen LogP contribution in [0.4, 0.5) is 11.4 Å². The van der Waals surface area contributed by atoms with Gasteiger partial charge >= 0.3 is 0 Å². The maximum Gasteiger partial charge on any atom is 0.265 e. The SMILES string of the molecule is CC1Oc2ccc(NC(=O)Cc3coc4ccc5ccccc5c34)cc2NC1=O. The van der Waals surface area contributed by atoms with Crippen molar-refractivity contribution in [1.82, 2.24) is 0 Å². The summed E-state index contributed by atoms with van der Waals surface area (Å²) in [6, 6.07) is 17.1. The minimum absolute atomic E-state index is 0.169. The van der Waals surface area contributed by atoms with Crippen LogP contribution in [0.3, 0.4) is 0 Å². The van der Waals surface area contributed by atoms with E-state index in [1.54, 1.807) is 31.4 Å². The van der Waals surface area contributed by atoms with E-state index in [2.05, 4.69) is 10.6 Å². The third-order valence-electron chi connectivity index (χ3n) is 5.09. The average molecular weight is 386 g/mol. The number of rotatable bonds is 3. The van der Waals surface area contributed by atoms with Gasteiger partial charge < -0.3 is 19.8 Å². The van der Waals surface area contributed by atoms with Crippen LogP contribution in [-0.4, -0.2) is 17.9 Å². The van der Waals surface area contributed by atoms with Crippen molar-refractivity contribution in [2.24, 2.45) is 0 Å². The monoisotopic (exact) mass is 386 g/mol. The molecule has 4 aromatic rings. The lowest BCUT2D eigenvalue weighted by Gasteiger charge is -2.23. The van der Waals surface area contributed by atoms with Crippen LogP contribution in [0.5, 0.6) is 5.75 Å². The van der Waals surface area contributed by atoms with E-state index in [-0.39, 0.29) is 18.2 Å². The first kappa shape index (κ1) is 17.3. The average Bonchev–Trinajstić information content (AvgIpc) is 3.12. The molecule has 2 heterocycles. The van der Waals surface area contributed by atoms with Crippen molar-refractivity contribution in [3.05, 3.63) is 66.4 Å². The Labute approximate surface area is 166 Å². The van der Waals surface area contributed by atoms with Crippen LogP contribution in [0.25, 0.3) is 21.7 Å². The Morgan fingerprint density at radius 1 is 1.14 bits per heavy atom. The molecule has 0 saturated carbocycles. The zero-order chi connectivity index (χ0) is 20.0. The summed E-state index contributed by atoms with van der Waals surface area (Å²) in [7, 11) is 0. The van der Waals surface area contributed by atoms with Crippen molar-refractivity contribution < 1.29 is 18.7 Å². The van der Waals surface area contributed by atoms with Crippen LogP contribution in [0.15, 0.2) is 65.3 Å². The molecule has 2 N–H and O–H groups in total. The lowest BCUT2D eigenvalue weighted by Crippen LogP contribution is -2.34. The van der Waals surface area contributed by atoms with E-state index in [1.807, 2.05) is 36.4 Å². The predicted molar refractivity (Wildman–Crippen MR) is 111 cm³/mol. The lowest BCUT2D eigenvalue weighted by molar-refractivity contribution is -0.122. The van der Waals surface area contributed by atoms with E-state index >= 15 is 0 Å². The number of amides is 2. The molecule has 3 aromatic carbocycles. The van der Waals surface area contributed by atoms with E-state index in [9.17, 15) is 9.59 Å². The van der Waals surface area contributed by atoms with Gasteiger partial charge in [-0.3, -0.25) is 9.59 Å². The topological polar surface area (TPSA) is 80.6 Å². The fraction of sp³-hybridized carbons (Fsp3) is 0.130. The summed E-state index contributed by atoms with van der Waals surface area (Å²) in [6.07, 6.45) is 1.28. The second-order valence-electron chi connectivity index (χ2n) is 7.11. The fourth-order valence-corrected chi connectivity index (χ4v) is 3.67. The molecule has 144 valence electrons. The Balaban J connectivity index is 1.40. The standard InChI is InChI=1S/C23H18N2O4/c1-13-23(27)25-18-11-16(7-9-19(18)29-13)24-21(26)10-15-12-28-20-8-6-14-4-2-3-5-17(14)22(15)20/h2-9,11-13H,10H2,1H3,(H,24,26)(H,25,27). The minimum Gasteiger partial charge on any atom is -0.479 e. The zero-order valence-electron chi connectivity index (χ0n) is 15.7. The van der Waals surface area contributed by atoms with Crippen LogP contribution in [0.2, 0.25) is 0 Å². The molecular weight excluding hydrogens is 368 g/mol. The second kappa shape index (κ2) is 6.67. The van der Waals surface area contributed by atoms with Gasteiger partial charge in [0.25, 0.3) is 5.91 Å². The Morgan fingerprint density at radius 2 is 2.00 bits per heavy atom. The molecule has 1 aromatic heterocycles. The summed E-state index contributed by atoms with van der Waals surface area (Å²) >= 11 is 0. The smallest absolute Gasteiger partial charge is 0.265 e. The number of anilines is 2. The van der Waals surface area contributed by atoms with Crippen molar-refractivity contribution >= 4 is 44.9 Å². The molecule has 1 aliphatic heterocycles. The number of furan rings is 1. The van der Waals surface area contributed by atoms with Gasteiger partial charge in [0, 0.05) is 16.6 Å². The van der Waals surface area contributed by atoms with Crippen molar-refractivity contribution in [3.8, 4) is 5.75 Å². The number of carbonyl (C=O) groups is 2. The Hall–Kier alpha value is -3.80. The number of fused-ring (bicyclic) bond motifs is 4. The maximum atomic E-state index is 12.7. The number of nitrogens with one attached hydrogen (secondary N) is 2. The number of carbonyl (C=O) groups excluding carboxylic acids is 2. The van der Waals surface area contributed by atoms with Crippen LogP contribution < -0.4 is 15.4 Å². The van der Waals surface area contributed by atoms with E-state index in [0.29, 0.717) is 17.1 Å². The predicted octanol–water partition coefficient (Wildman–Crippen LogP) is 4.49. The van der Waals surface area contributed by atoms with Crippen LogP contribution >= 0.6 is 0 Å². The molecule has 6 heteroatoms. The summed E-state index contributed by atoms with van der Waals surface area (Å²) in [6.45, 7) is 1.69. The molecule has 5 rings (SSSR count). The molecule has 0 spiro atoms. The largest absolute Gasteiger partial charge is 0.479 e. The van der Waals surface area contributed by atoms with E-state index in [4.69, 9.17) is 9.15 Å². The Morgan fingerprint density at radius 3 is 2.90 bits per heavy atom. The molecule has 2 amide bonds. The van der Waals surface area contributed by atoms with Crippen molar-refractivity contribution in [1.29, 1.82) is 0 Å². The lowest BCUT2D eigenvalue weighted by atomic mass is 10.0. The molecule has 0 saturated heterocycles. The highest BCUT2D eigenvalue weighted by Crippen LogP contribution is 2.33. The number of benzene rings is 3. The fourth-order valence-electron chi connectivity index (χ4n) is 3.67. The summed E-state index contributed by atoms with van der Waals surface area (Å²) < 4.78 is 11.2. The minimum atomic E-state index is -0.535. The molecule has 1 atom stereocenters. The van der Waals surface area contributed by atoms with Crippen LogP contribution in [0, 0.1) is 0 Å². The Bertz CT molecular complexity index is 1270. The van der Waals surface area contributed by atoms with E-state index in [1.165, 1.54) is 0 Å². The van der Waals surface area contributed by atoms with Crippen molar-refractivity contribution in [3.63, 3.8) is 0 Å². The van der Waals surface area contributed by atoms with Crippen molar-refractivity contribution in [2.45, 2.75) is 19.4 Å². The van der Waals surface area contributed by atoms with Crippen LogP contribution in [0.1, 0.15) is 12.5 Å². The third kappa shape index (κ3) is 3.08. The number of hydrogen-bond acceptors (Lipinski definition) is 4. The van der Waals surface area contributed by atoms with E-state index in [0.717, 1.165) is 27.3 Å². The first-order valence-electron chi connectivity index (χ1n) is 9.38. The van der Waals surface area contributed by atoms with Gasteiger partial charge in [-0.1, -0.05) is 30.3 Å². The first-order valence-corrected chi connectivity index (χ1v) is 9.38. The summed E-state index contributed by atoms with van der Waals surface area (Å²) in [5, 5.41) is 8.78. The molecular formula is C23H18N2O4. The molecule has 0 fully saturated rings.